The van der Waals surface area contributed by atoms with Crippen LogP contribution in [0.5, 0.6) is 0 Å². The van der Waals surface area contributed by atoms with Crippen LogP contribution < -0.4 is 4.57 Å². The normalized spacial score (nSPS) is 10.5. The summed E-state index contributed by atoms with van der Waals surface area (Å²) in [6, 6.07) is 20.8. The summed E-state index contributed by atoms with van der Waals surface area (Å²) < 4.78 is 4.35. The van der Waals surface area contributed by atoms with Gasteiger partial charge in [-0.1, -0.05) is 67.2 Å². The fraction of sp³-hybridized carbons (Fsp3) is 0.105. The van der Waals surface area contributed by atoms with Crippen LogP contribution in [0.25, 0.3) is 5.57 Å². The van der Waals surface area contributed by atoms with Crippen molar-refractivity contribution < 1.29 is 4.57 Å². The van der Waals surface area contributed by atoms with Gasteiger partial charge in [-0.2, -0.15) is 0 Å². The van der Waals surface area contributed by atoms with Crippen molar-refractivity contribution in [1.29, 1.82) is 0 Å². The quantitative estimate of drug-likeness (QED) is 0.630. The average molecular weight is 275 g/mol. The zero-order valence-corrected chi connectivity index (χ0v) is 12.0. The van der Waals surface area contributed by atoms with Crippen molar-refractivity contribution in [1.82, 2.24) is 4.57 Å². The SMILES string of the molecule is C=C(C[n+]1ccn(Cc2ccccc2)c1)c1ccccc1. The first kappa shape index (κ1) is 13.4. The van der Waals surface area contributed by atoms with Crippen molar-refractivity contribution in [3.63, 3.8) is 0 Å². The van der Waals surface area contributed by atoms with Gasteiger partial charge in [0.1, 0.15) is 25.5 Å². The smallest absolute Gasteiger partial charge is 0.233 e. The number of benzene rings is 2. The maximum absolute atomic E-state index is 4.18. The fourth-order valence-corrected chi connectivity index (χ4v) is 2.41. The van der Waals surface area contributed by atoms with Gasteiger partial charge in [-0.15, -0.1) is 0 Å². The molecule has 21 heavy (non-hydrogen) atoms. The molecule has 1 heterocycles. The second-order valence-corrected chi connectivity index (χ2v) is 5.21. The van der Waals surface area contributed by atoms with E-state index in [4.69, 9.17) is 0 Å². The molecule has 3 aromatic rings. The number of imidazole rings is 1. The van der Waals surface area contributed by atoms with E-state index in [1.54, 1.807) is 0 Å². The molecule has 0 atom stereocenters. The minimum absolute atomic E-state index is 0.811. The van der Waals surface area contributed by atoms with Gasteiger partial charge >= 0.3 is 0 Å². The molecule has 0 fully saturated rings. The van der Waals surface area contributed by atoms with Crippen LogP contribution in [-0.4, -0.2) is 4.57 Å². The van der Waals surface area contributed by atoms with Gasteiger partial charge in [-0.25, -0.2) is 9.13 Å². The van der Waals surface area contributed by atoms with Gasteiger partial charge in [0.2, 0.25) is 6.33 Å². The highest BCUT2D eigenvalue weighted by Gasteiger charge is 2.07. The molecule has 0 spiro atoms. The number of nitrogens with zero attached hydrogens (tertiary/aromatic N) is 2. The second-order valence-electron chi connectivity index (χ2n) is 5.21. The third-order valence-electron chi connectivity index (χ3n) is 3.51. The van der Waals surface area contributed by atoms with E-state index in [0.717, 1.165) is 18.7 Å². The topological polar surface area (TPSA) is 8.81 Å². The molecule has 0 N–H and O–H groups in total. The number of hydrogen-bond donors (Lipinski definition) is 0. The Morgan fingerprint density at radius 1 is 0.952 bits per heavy atom. The van der Waals surface area contributed by atoms with E-state index in [2.05, 4.69) is 70.8 Å². The van der Waals surface area contributed by atoms with Crippen LogP contribution in [0.2, 0.25) is 0 Å². The summed E-state index contributed by atoms with van der Waals surface area (Å²) >= 11 is 0. The van der Waals surface area contributed by atoms with E-state index in [-0.39, 0.29) is 0 Å². The van der Waals surface area contributed by atoms with Crippen LogP contribution >= 0.6 is 0 Å². The highest BCUT2D eigenvalue weighted by Crippen LogP contribution is 2.11. The minimum atomic E-state index is 0.811. The van der Waals surface area contributed by atoms with E-state index in [1.165, 1.54) is 11.1 Å². The highest BCUT2D eigenvalue weighted by molar-refractivity contribution is 5.61. The average Bonchev–Trinajstić information content (AvgIpc) is 2.96. The Balaban J connectivity index is 1.67. The third kappa shape index (κ3) is 3.48. The first-order chi connectivity index (χ1) is 10.3. The van der Waals surface area contributed by atoms with Crippen LogP contribution in [0.1, 0.15) is 11.1 Å². The Labute approximate surface area is 125 Å². The lowest BCUT2D eigenvalue weighted by atomic mass is 10.1. The van der Waals surface area contributed by atoms with Crippen molar-refractivity contribution in [2.24, 2.45) is 0 Å². The molecule has 1 aromatic heterocycles. The Hall–Kier alpha value is -2.61. The summed E-state index contributed by atoms with van der Waals surface area (Å²) in [5.41, 5.74) is 3.63. The number of allylic oxidation sites excluding steroid dienone is 1. The molecular formula is C19H19N2+. The van der Waals surface area contributed by atoms with Gasteiger partial charge in [0, 0.05) is 0 Å². The van der Waals surface area contributed by atoms with Gasteiger partial charge in [-0.3, -0.25) is 0 Å². The van der Waals surface area contributed by atoms with E-state index >= 15 is 0 Å². The summed E-state index contributed by atoms with van der Waals surface area (Å²) in [6.45, 7) is 5.89. The molecule has 2 aromatic carbocycles. The molecule has 0 bridgehead atoms. The summed E-state index contributed by atoms with van der Waals surface area (Å²) in [6.07, 6.45) is 6.32. The summed E-state index contributed by atoms with van der Waals surface area (Å²) in [5.74, 6) is 0. The van der Waals surface area contributed by atoms with Crippen molar-refractivity contribution in [3.8, 4) is 0 Å². The van der Waals surface area contributed by atoms with Crippen molar-refractivity contribution in [2.75, 3.05) is 0 Å². The predicted octanol–water partition coefficient (Wildman–Crippen LogP) is 3.54. The first-order valence-corrected chi connectivity index (χ1v) is 7.13. The fourth-order valence-electron chi connectivity index (χ4n) is 2.41. The largest absolute Gasteiger partial charge is 0.244 e. The summed E-state index contributed by atoms with van der Waals surface area (Å²) in [4.78, 5) is 0. The van der Waals surface area contributed by atoms with Crippen LogP contribution in [0.4, 0.5) is 0 Å². The maximum atomic E-state index is 4.18. The number of rotatable bonds is 5. The van der Waals surface area contributed by atoms with Gasteiger partial charge < -0.3 is 0 Å². The van der Waals surface area contributed by atoms with Crippen LogP contribution in [0, 0.1) is 0 Å². The lowest BCUT2D eigenvalue weighted by Crippen LogP contribution is -2.31. The molecule has 0 saturated heterocycles. The monoisotopic (exact) mass is 275 g/mol. The molecule has 2 nitrogen and oxygen atoms in total. The molecule has 0 amide bonds. The molecular weight excluding hydrogens is 256 g/mol. The Morgan fingerprint density at radius 2 is 1.62 bits per heavy atom. The molecule has 0 aliphatic heterocycles. The third-order valence-corrected chi connectivity index (χ3v) is 3.51. The lowest BCUT2D eigenvalue weighted by molar-refractivity contribution is -0.683. The molecule has 0 unspecified atom stereocenters. The van der Waals surface area contributed by atoms with Crippen LogP contribution in [0.15, 0.2) is 86.0 Å². The Morgan fingerprint density at radius 3 is 2.33 bits per heavy atom. The number of aromatic nitrogens is 2. The highest BCUT2D eigenvalue weighted by atomic mass is 15.1. The Bertz CT molecular complexity index is 712. The van der Waals surface area contributed by atoms with E-state index in [1.807, 2.05) is 24.3 Å². The van der Waals surface area contributed by atoms with Gasteiger partial charge in [-0.05, 0) is 16.7 Å². The zero-order chi connectivity index (χ0) is 14.5. The minimum Gasteiger partial charge on any atom is -0.233 e. The van der Waals surface area contributed by atoms with Crippen molar-refractivity contribution in [3.05, 3.63) is 97.1 Å². The molecule has 0 aliphatic rings. The molecule has 3 rings (SSSR count). The lowest BCUT2D eigenvalue weighted by Gasteiger charge is -2.02. The van der Waals surface area contributed by atoms with Crippen LogP contribution in [-0.2, 0) is 13.1 Å². The summed E-state index contributed by atoms with van der Waals surface area (Å²) in [5, 5.41) is 0. The molecule has 2 heteroatoms. The first-order valence-electron chi connectivity index (χ1n) is 7.13. The van der Waals surface area contributed by atoms with Gasteiger partial charge in [0.05, 0.1) is 0 Å². The standard InChI is InChI=1S/C19H19N2/c1-17(19-10-6-3-7-11-19)14-20-12-13-21(16-20)15-18-8-4-2-5-9-18/h2-13,16H,1,14-15H2/q+1. The van der Waals surface area contributed by atoms with Crippen molar-refractivity contribution >= 4 is 5.57 Å². The molecule has 104 valence electrons. The second kappa shape index (κ2) is 6.23. The molecule has 0 aliphatic carbocycles. The van der Waals surface area contributed by atoms with E-state index < -0.39 is 0 Å². The predicted molar refractivity (Wildman–Crippen MR) is 85.6 cm³/mol. The van der Waals surface area contributed by atoms with Crippen LogP contribution in [0.3, 0.4) is 0 Å². The van der Waals surface area contributed by atoms with Crippen molar-refractivity contribution in [2.45, 2.75) is 13.1 Å². The Kier molecular flexibility index (Phi) is 3.97. The van der Waals surface area contributed by atoms with Gasteiger partial charge in [0.15, 0.2) is 0 Å². The molecule has 0 radical (unpaired) electrons. The van der Waals surface area contributed by atoms with E-state index in [9.17, 15) is 0 Å². The zero-order valence-electron chi connectivity index (χ0n) is 12.0. The number of hydrogen-bond acceptors (Lipinski definition) is 0. The maximum Gasteiger partial charge on any atom is 0.244 e. The molecule has 0 saturated carbocycles. The van der Waals surface area contributed by atoms with E-state index in [0.29, 0.717) is 0 Å². The van der Waals surface area contributed by atoms with Gasteiger partial charge in [0.25, 0.3) is 0 Å². The summed E-state index contributed by atoms with van der Waals surface area (Å²) in [7, 11) is 0.